The number of para-hydroxylation sites is 1. The highest BCUT2D eigenvalue weighted by molar-refractivity contribution is 6.03. The molecule has 0 aliphatic carbocycles. The van der Waals surface area contributed by atoms with Crippen LogP contribution in [0.25, 0.3) is 16.9 Å². The lowest BCUT2D eigenvalue weighted by Gasteiger charge is -2.07. The van der Waals surface area contributed by atoms with Gasteiger partial charge in [-0.05, 0) is 56.2 Å². The van der Waals surface area contributed by atoms with E-state index in [1.807, 2.05) is 61.5 Å². The summed E-state index contributed by atoms with van der Waals surface area (Å²) in [6.45, 7) is 3.26. The number of hydrogen-bond acceptors (Lipinski definition) is 4. The zero-order chi connectivity index (χ0) is 20.2. The number of hydrogen-bond donors (Lipinski definition) is 1. The van der Waals surface area contributed by atoms with Crippen LogP contribution in [0.3, 0.4) is 0 Å². The van der Waals surface area contributed by atoms with E-state index in [1.165, 1.54) is 0 Å². The zero-order valence-electron chi connectivity index (χ0n) is 16.7. The fourth-order valence-corrected chi connectivity index (χ4v) is 3.60. The van der Waals surface area contributed by atoms with E-state index < -0.39 is 0 Å². The number of aromatic nitrogens is 2. The normalized spacial score (nSPS) is 16.9. The molecule has 29 heavy (non-hydrogen) atoms. The first-order valence-electron chi connectivity index (χ1n) is 9.85. The summed E-state index contributed by atoms with van der Waals surface area (Å²) in [5, 5.41) is 3.28. The molecular weight excluding hydrogens is 366 g/mol. The molecule has 0 unspecified atom stereocenters. The second-order valence-electron chi connectivity index (χ2n) is 7.13. The Labute approximate surface area is 169 Å². The van der Waals surface area contributed by atoms with Gasteiger partial charge in [0.05, 0.1) is 36.7 Å². The highest BCUT2D eigenvalue weighted by Crippen LogP contribution is 2.24. The molecule has 1 aliphatic heterocycles. The van der Waals surface area contributed by atoms with Crippen molar-refractivity contribution in [2.75, 3.05) is 20.3 Å². The van der Waals surface area contributed by atoms with Gasteiger partial charge in [0.1, 0.15) is 5.75 Å². The van der Waals surface area contributed by atoms with Crippen LogP contribution in [-0.2, 0) is 4.74 Å². The van der Waals surface area contributed by atoms with Gasteiger partial charge in [-0.2, -0.15) is 0 Å². The van der Waals surface area contributed by atoms with Crippen LogP contribution < -0.4 is 10.3 Å². The van der Waals surface area contributed by atoms with Crippen molar-refractivity contribution in [1.82, 2.24) is 9.78 Å². The van der Waals surface area contributed by atoms with Crippen LogP contribution in [0.15, 0.2) is 64.4 Å². The van der Waals surface area contributed by atoms with E-state index in [0.29, 0.717) is 17.8 Å². The van der Waals surface area contributed by atoms with Gasteiger partial charge in [0.15, 0.2) is 0 Å². The summed E-state index contributed by atoms with van der Waals surface area (Å²) in [6, 6.07) is 17.2. The Balaban J connectivity index is 1.79. The number of methoxy groups -OCH3 is 1. The second-order valence-corrected chi connectivity index (χ2v) is 7.13. The summed E-state index contributed by atoms with van der Waals surface area (Å²) >= 11 is 0. The van der Waals surface area contributed by atoms with Gasteiger partial charge in [-0.3, -0.25) is 14.9 Å². The summed E-state index contributed by atoms with van der Waals surface area (Å²) in [5.41, 5.74) is 3.61. The number of benzene rings is 2. The Morgan fingerprint density at radius 3 is 2.62 bits per heavy atom. The first-order valence-corrected chi connectivity index (χ1v) is 9.85. The summed E-state index contributed by atoms with van der Waals surface area (Å²) in [7, 11) is 1.64. The van der Waals surface area contributed by atoms with Crippen LogP contribution in [0.2, 0.25) is 0 Å². The molecular formula is C23H25N3O3. The number of H-pyrrole nitrogens is 1. The third-order valence-electron chi connectivity index (χ3n) is 5.20. The van der Waals surface area contributed by atoms with Crippen molar-refractivity contribution >= 4 is 5.71 Å². The molecule has 2 heterocycles. The average molecular weight is 391 g/mol. The molecule has 6 heteroatoms. The average Bonchev–Trinajstić information content (AvgIpc) is 3.40. The van der Waals surface area contributed by atoms with Gasteiger partial charge in [-0.15, -0.1) is 0 Å². The standard InChI is InChI=1S/C23H25N3O3/c1-16(24-15-20-9-6-14-29-20)21-22(17-10-12-19(28-2)13-11-17)25-26(23(21)27)18-7-4-3-5-8-18/h3-5,7-8,10-13,20,25H,6,9,14-15H2,1-2H3/t20-/m0/s1. The molecule has 2 aromatic carbocycles. The topological polar surface area (TPSA) is 68.6 Å². The van der Waals surface area contributed by atoms with Gasteiger partial charge in [-0.25, -0.2) is 4.68 Å². The smallest absolute Gasteiger partial charge is 0.280 e. The van der Waals surface area contributed by atoms with E-state index >= 15 is 0 Å². The highest BCUT2D eigenvalue weighted by atomic mass is 16.5. The van der Waals surface area contributed by atoms with Crippen molar-refractivity contribution in [3.05, 3.63) is 70.5 Å². The minimum Gasteiger partial charge on any atom is -0.497 e. The number of nitrogens with zero attached hydrogens (tertiary/aromatic N) is 2. The molecule has 1 saturated heterocycles. The molecule has 1 aliphatic rings. The zero-order valence-corrected chi connectivity index (χ0v) is 16.7. The summed E-state index contributed by atoms with van der Waals surface area (Å²) in [4.78, 5) is 18.0. The number of aliphatic imine (C=N–C) groups is 1. The Morgan fingerprint density at radius 2 is 1.97 bits per heavy atom. The van der Waals surface area contributed by atoms with Crippen LogP contribution in [-0.4, -0.2) is 41.9 Å². The summed E-state index contributed by atoms with van der Waals surface area (Å²) < 4.78 is 12.5. The van der Waals surface area contributed by atoms with Crippen LogP contribution >= 0.6 is 0 Å². The summed E-state index contributed by atoms with van der Waals surface area (Å²) in [6.07, 6.45) is 2.23. The molecule has 4 rings (SSSR count). The second kappa shape index (κ2) is 8.49. The molecule has 3 aromatic rings. The molecule has 150 valence electrons. The minimum atomic E-state index is -0.115. The largest absolute Gasteiger partial charge is 0.497 e. The summed E-state index contributed by atoms with van der Waals surface area (Å²) in [5.74, 6) is 0.768. The van der Waals surface area contributed by atoms with Crippen LogP contribution in [0.5, 0.6) is 5.75 Å². The lowest BCUT2D eigenvalue weighted by Crippen LogP contribution is -2.20. The predicted molar refractivity (Wildman–Crippen MR) is 114 cm³/mol. The molecule has 6 nitrogen and oxygen atoms in total. The van der Waals surface area contributed by atoms with Gasteiger partial charge >= 0.3 is 0 Å². The van der Waals surface area contributed by atoms with Gasteiger partial charge in [0.2, 0.25) is 0 Å². The molecule has 0 radical (unpaired) electrons. The maximum absolute atomic E-state index is 13.3. The number of nitrogens with one attached hydrogen (secondary N) is 1. The van der Waals surface area contributed by atoms with Crippen molar-refractivity contribution in [3.63, 3.8) is 0 Å². The van der Waals surface area contributed by atoms with Crippen LogP contribution in [0, 0.1) is 0 Å². The number of ether oxygens (including phenoxy) is 2. The first-order chi connectivity index (χ1) is 14.2. The quantitative estimate of drug-likeness (QED) is 0.650. The number of aromatic amines is 1. The highest BCUT2D eigenvalue weighted by Gasteiger charge is 2.20. The molecule has 1 fully saturated rings. The monoisotopic (exact) mass is 391 g/mol. The molecule has 1 atom stereocenters. The van der Waals surface area contributed by atoms with Crippen molar-refractivity contribution in [2.24, 2.45) is 4.99 Å². The molecule has 1 aromatic heterocycles. The van der Waals surface area contributed by atoms with Crippen molar-refractivity contribution in [1.29, 1.82) is 0 Å². The van der Waals surface area contributed by atoms with E-state index in [4.69, 9.17) is 14.5 Å². The Bertz CT molecular complexity index is 1040. The SMILES string of the molecule is COc1ccc(-c2[nH]n(-c3ccccc3)c(=O)c2C(C)=NC[C@@H]2CCCO2)cc1. The molecule has 1 N–H and O–H groups in total. The molecule has 0 saturated carbocycles. The number of rotatable bonds is 6. The third kappa shape index (κ3) is 4.03. The maximum atomic E-state index is 13.3. The van der Waals surface area contributed by atoms with Gasteiger partial charge in [0.25, 0.3) is 5.56 Å². The van der Waals surface area contributed by atoms with Crippen molar-refractivity contribution in [2.45, 2.75) is 25.9 Å². The Morgan fingerprint density at radius 1 is 1.21 bits per heavy atom. The van der Waals surface area contributed by atoms with E-state index in [2.05, 4.69) is 5.10 Å². The van der Waals surface area contributed by atoms with Crippen molar-refractivity contribution < 1.29 is 9.47 Å². The van der Waals surface area contributed by atoms with E-state index in [1.54, 1.807) is 11.8 Å². The molecule has 0 bridgehead atoms. The fourth-order valence-electron chi connectivity index (χ4n) is 3.60. The Kier molecular flexibility index (Phi) is 5.62. The predicted octanol–water partition coefficient (Wildman–Crippen LogP) is 3.83. The van der Waals surface area contributed by atoms with Gasteiger partial charge in [-0.1, -0.05) is 18.2 Å². The maximum Gasteiger partial charge on any atom is 0.280 e. The molecule has 0 spiro atoms. The fraction of sp³-hybridized carbons (Fsp3) is 0.304. The van der Waals surface area contributed by atoms with Crippen LogP contribution in [0.4, 0.5) is 0 Å². The van der Waals surface area contributed by atoms with Gasteiger partial charge < -0.3 is 9.47 Å². The minimum absolute atomic E-state index is 0.115. The van der Waals surface area contributed by atoms with E-state index in [0.717, 1.165) is 42.1 Å². The van der Waals surface area contributed by atoms with E-state index in [-0.39, 0.29) is 11.7 Å². The van der Waals surface area contributed by atoms with E-state index in [9.17, 15) is 4.79 Å². The first kappa shape index (κ1) is 19.2. The van der Waals surface area contributed by atoms with Crippen LogP contribution in [0.1, 0.15) is 25.3 Å². The van der Waals surface area contributed by atoms with Crippen molar-refractivity contribution in [3.8, 4) is 22.7 Å². The Hall–Kier alpha value is -3.12. The third-order valence-corrected chi connectivity index (χ3v) is 5.20. The lowest BCUT2D eigenvalue weighted by molar-refractivity contribution is 0.118. The van der Waals surface area contributed by atoms with Gasteiger partial charge in [0, 0.05) is 17.9 Å². The lowest BCUT2D eigenvalue weighted by atomic mass is 10.0. The molecule has 0 amide bonds.